The third-order valence-corrected chi connectivity index (χ3v) is 4.20. The van der Waals surface area contributed by atoms with Crippen molar-refractivity contribution in [2.45, 2.75) is 32.6 Å². The van der Waals surface area contributed by atoms with Crippen LogP contribution in [0, 0.1) is 6.92 Å². The molecule has 19 heavy (non-hydrogen) atoms. The summed E-state index contributed by atoms with van der Waals surface area (Å²) < 4.78 is 0. The third-order valence-electron chi connectivity index (χ3n) is 3.97. The van der Waals surface area contributed by atoms with Gasteiger partial charge in [-0.3, -0.25) is 4.90 Å². The lowest BCUT2D eigenvalue weighted by molar-refractivity contribution is -0.330. The minimum Gasteiger partial charge on any atom is -0.262 e. The normalized spacial score (nSPS) is 16.6. The predicted molar refractivity (Wildman–Crippen MR) is 80.9 cm³/mol. The molecule has 3 rings (SSSR count). The number of nitrogens with one attached hydrogen (secondary N) is 1. The van der Waals surface area contributed by atoms with E-state index in [-0.39, 0.29) is 0 Å². The first-order valence-electron chi connectivity index (χ1n) is 7.11. The van der Waals surface area contributed by atoms with Gasteiger partial charge in [0, 0.05) is 22.5 Å². The molecule has 3 heteroatoms. The van der Waals surface area contributed by atoms with Gasteiger partial charge in [-0.1, -0.05) is 11.6 Å². The molecule has 1 fully saturated rings. The van der Waals surface area contributed by atoms with E-state index in [0.29, 0.717) is 0 Å². The number of fused-ring (bicyclic) bond motifs is 1. The van der Waals surface area contributed by atoms with Crippen molar-refractivity contribution in [3.8, 4) is 0 Å². The van der Waals surface area contributed by atoms with E-state index >= 15 is 0 Å². The molecule has 2 heterocycles. The van der Waals surface area contributed by atoms with Crippen LogP contribution in [0.3, 0.4) is 0 Å². The highest BCUT2D eigenvalue weighted by molar-refractivity contribution is 6.31. The molecule has 0 amide bonds. The molecule has 1 aliphatic rings. The van der Waals surface area contributed by atoms with Crippen molar-refractivity contribution in [1.29, 1.82) is 0 Å². The number of H-pyrrole nitrogens is 1. The second-order valence-corrected chi connectivity index (χ2v) is 5.87. The molecule has 0 spiro atoms. The molecule has 0 aliphatic carbocycles. The molecule has 1 aliphatic heterocycles. The number of halogens is 1. The summed E-state index contributed by atoms with van der Waals surface area (Å²) in [5.41, 5.74) is 2.44. The number of pyridine rings is 1. The fraction of sp³-hybridized carbons (Fsp3) is 0.438. The molecule has 0 atom stereocenters. The number of nitrogens with zero attached hydrogens (tertiary/aromatic N) is 1. The maximum atomic E-state index is 6.10. The SMILES string of the molecule is Cc1cc(N2CCCCCC2)[nH+]c2cc(Cl)ccc12. The maximum Gasteiger partial charge on any atom is 0.275 e. The summed E-state index contributed by atoms with van der Waals surface area (Å²) >= 11 is 6.10. The zero-order chi connectivity index (χ0) is 13.2. The van der Waals surface area contributed by atoms with E-state index in [4.69, 9.17) is 11.6 Å². The van der Waals surface area contributed by atoms with Gasteiger partial charge in [-0.15, -0.1) is 0 Å². The fourth-order valence-corrected chi connectivity index (χ4v) is 3.07. The Morgan fingerprint density at radius 2 is 1.79 bits per heavy atom. The molecule has 0 unspecified atom stereocenters. The highest BCUT2D eigenvalue weighted by Crippen LogP contribution is 2.23. The lowest BCUT2D eigenvalue weighted by atomic mass is 10.1. The monoisotopic (exact) mass is 275 g/mol. The number of aromatic amines is 1. The average Bonchev–Trinajstić information content (AvgIpc) is 2.66. The predicted octanol–water partition coefficient (Wildman–Crippen LogP) is 4.00. The van der Waals surface area contributed by atoms with E-state index in [2.05, 4.69) is 28.9 Å². The van der Waals surface area contributed by atoms with Crippen LogP contribution < -0.4 is 9.88 Å². The molecule has 0 saturated carbocycles. The molecule has 0 radical (unpaired) electrons. The van der Waals surface area contributed by atoms with Crippen molar-refractivity contribution in [3.05, 3.63) is 34.9 Å². The van der Waals surface area contributed by atoms with Gasteiger partial charge in [-0.2, -0.15) is 0 Å². The number of hydrogen-bond acceptors (Lipinski definition) is 1. The summed E-state index contributed by atoms with van der Waals surface area (Å²) in [6, 6.07) is 8.33. The number of aryl methyl sites for hydroxylation is 1. The van der Waals surface area contributed by atoms with Gasteiger partial charge in [0.25, 0.3) is 5.82 Å². The van der Waals surface area contributed by atoms with Gasteiger partial charge in [-0.25, -0.2) is 4.98 Å². The van der Waals surface area contributed by atoms with Crippen LogP contribution >= 0.6 is 11.6 Å². The number of aromatic nitrogens is 1. The molecule has 1 N–H and O–H groups in total. The van der Waals surface area contributed by atoms with Crippen molar-refractivity contribution in [2.24, 2.45) is 0 Å². The lowest BCUT2D eigenvalue weighted by Gasteiger charge is -2.15. The van der Waals surface area contributed by atoms with Crippen molar-refractivity contribution in [3.63, 3.8) is 0 Å². The first kappa shape index (κ1) is 12.7. The summed E-state index contributed by atoms with van der Waals surface area (Å²) in [6.07, 6.45) is 5.30. The van der Waals surface area contributed by atoms with Gasteiger partial charge in [0.05, 0.1) is 13.1 Å². The van der Waals surface area contributed by atoms with Crippen LogP contribution in [-0.2, 0) is 0 Å². The van der Waals surface area contributed by atoms with Crippen LogP contribution in [0.5, 0.6) is 0 Å². The van der Waals surface area contributed by atoms with Crippen LogP contribution in [-0.4, -0.2) is 13.1 Å². The Kier molecular flexibility index (Phi) is 3.61. The van der Waals surface area contributed by atoms with Crippen molar-refractivity contribution in [1.82, 2.24) is 0 Å². The van der Waals surface area contributed by atoms with Crippen molar-refractivity contribution < 1.29 is 4.98 Å². The van der Waals surface area contributed by atoms with Gasteiger partial charge in [0.1, 0.15) is 5.52 Å². The Labute approximate surface area is 119 Å². The minimum atomic E-state index is 0.788. The van der Waals surface area contributed by atoms with E-state index in [1.165, 1.54) is 42.5 Å². The van der Waals surface area contributed by atoms with Crippen LogP contribution in [0.15, 0.2) is 24.3 Å². The van der Waals surface area contributed by atoms with E-state index < -0.39 is 0 Å². The van der Waals surface area contributed by atoms with Crippen LogP contribution in [0.2, 0.25) is 5.02 Å². The van der Waals surface area contributed by atoms with Gasteiger partial charge >= 0.3 is 0 Å². The summed E-state index contributed by atoms with van der Waals surface area (Å²) in [7, 11) is 0. The molecule has 0 bridgehead atoms. The van der Waals surface area contributed by atoms with E-state index in [1.54, 1.807) is 0 Å². The van der Waals surface area contributed by atoms with E-state index in [0.717, 1.165) is 23.6 Å². The fourth-order valence-electron chi connectivity index (χ4n) is 2.90. The van der Waals surface area contributed by atoms with Gasteiger partial charge < -0.3 is 0 Å². The summed E-state index contributed by atoms with van der Waals surface area (Å²) in [5, 5.41) is 2.04. The van der Waals surface area contributed by atoms with Crippen LogP contribution in [0.4, 0.5) is 5.82 Å². The molecule has 100 valence electrons. The average molecular weight is 276 g/mol. The largest absolute Gasteiger partial charge is 0.275 e. The zero-order valence-electron chi connectivity index (χ0n) is 11.4. The Morgan fingerprint density at radius 1 is 1.05 bits per heavy atom. The number of anilines is 1. The molecule has 1 aromatic heterocycles. The molecule has 1 saturated heterocycles. The standard InChI is InChI=1S/C16H19ClN2/c1-12-10-16(19-8-4-2-3-5-9-19)18-15-11-13(17)6-7-14(12)15/h6-7,10-11H,2-5,8-9H2,1H3/p+1. The lowest BCUT2D eigenvalue weighted by Crippen LogP contribution is -2.30. The first-order valence-corrected chi connectivity index (χ1v) is 7.49. The molecular weight excluding hydrogens is 256 g/mol. The summed E-state index contributed by atoms with van der Waals surface area (Å²) in [6.45, 7) is 4.48. The smallest absolute Gasteiger partial charge is 0.262 e. The van der Waals surface area contributed by atoms with Gasteiger partial charge in [0.2, 0.25) is 0 Å². The topological polar surface area (TPSA) is 17.4 Å². The van der Waals surface area contributed by atoms with Gasteiger partial charge in [0.15, 0.2) is 0 Å². The second kappa shape index (κ2) is 5.38. The van der Waals surface area contributed by atoms with E-state index in [1.807, 2.05) is 12.1 Å². The maximum absolute atomic E-state index is 6.10. The number of rotatable bonds is 1. The second-order valence-electron chi connectivity index (χ2n) is 5.43. The number of hydrogen-bond donors (Lipinski definition) is 0. The minimum absolute atomic E-state index is 0.788. The van der Waals surface area contributed by atoms with Crippen LogP contribution in [0.1, 0.15) is 31.2 Å². The summed E-state index contributed by atoms with van der Waals surface area (Å²) in [4.78, 5) is 6.02. The Hall–Kier alpha value is -1.28. The molecular formula is C16H20ClN2+. The zero-order valence-corrected chi connectivity index (χ0v) is 12.1. The highest BCUT2D eigenvalue weighted by Gasteiger charge is 2.19. The summed E-state index contributed by atoms with van der Waals surface area (Å²) in [5.74, 6) is 1.23. The third kappa shape index (κ3) is 2.69. The van der Waals surface area contributed by atoms with Crippen molar-refractivity contribution >= 4 is 28.3 Å². The number of benzene rings is 1. The molecule has 1 aromatic carbocycles. The highest BCUT2D eigenvalue weighted by atomic mass is 35.5. The quantitative estimate of drug-likeness (QED) is 0.769. The molecule has 2 aromatic rings. The first-order chi connectivity index (χ1) is 9.24. The Morgan fingerprint density at radius 3 is 2.53 bits per heavy atom. The van der Waals surface area contributed by atoms with Crippen LogP contribution in [0.25, 0.3) is 10.9 Å². The molecule has 2 nitrogen and oxygen atoms in total. The van der Waals surface area contributed by atoms with E-state index in [9.17, 15) is 0 Å². The van der Waals surface area contributed by atoms with Crippen molar-refractivity contribution in [2.75, 3.05) is 18.0 Å². The Balaban J connectivity index is 2.03. The Bertz CT molecular complexity index is 587. The van der Waals surface area contributed by atoms with Gasteiger partial charge in [-0.05, 0) is 50.3 Å².